The lowest BCUT2D eigenvalue weighted by Crippen LogP contribution is -2.25. The quantitative estimate of drug-likeness (QED) is 0.490. The van der Waals surface area contributed by atoms with Crippen LogP contribution >= 0.6 is 11.6 Å². The maximum Gasteiger partial charge on any atom is 0.329 e. The van der Waals surface area contributed by atoms with Crippen molar-refractivity contribution in [2.75, 3.05) is 0 Å². The molecule has 1 N–H and O–H groups in total. The lowest BCUT2D eigenvalue weighted by Gasteiger charge is -2.09. The Labute approximate surface area is 178 Å². The van der Waals surface area contributed by atoms with Crippen LogP contribution in [0, 0.1) is 0 Å². The van der Waals surface area contributed by atoms with Gasteiger partial charge in [0, 0.05) is 30.1 Å². The van der Waals surface area contributed by atoms with E-state index < -0.39 is 0 Å². The van der Waals surface area contributed by atoms with Gasteiger partial charge in [-0.1, -0.05) is 49.2 Å². The fourth-order valence-electron chi connectivity index (χ4n) is 3.59. The molecule has 0 saturated carbocycles. The van der Waals surface area contributed by atoms with Gasteiger partial charge >= 0.3 is 5.69 Å². The number of hydrogen-bond acceptors (Lipinski definition) is 5. The zero-order chi connectivity index (χ0) is 21.1. The summed E-state index contributed by atoms with van der Waals surface area (Å²) in [6.07, 6.45) is 5.17. The molecule has 0 fully saturated rings. The van der Waals surface area contributed by atoms with Crippen molar-refractivity contribution >= 4 is 11.6 Å². The minimum Gasteiger partial charge on any atom is -0.290 e. The van der Waals surface area contributed by atoms with Gasteiger partial charge in [-0.05, 0) is 35.8 Å². The fraction of sp³-hybridized carbons (Fsp3) is 0.286. The Kier molecular flexibility index (Phi) is 5.76. The van der Waals surface area contributed by atoms with E-state index in [1.165, 1.54) is 0 Å². The second-order valence-electron chi connectivity index (χ2n) is 6.95. The normalized spacial score (nSPS) is 11.2. The molecule has 4 rings (SSSR count). The Morgan fingerprint density at radius 1 is 1.07 bits per heavy atom. The molecule has 4 aromatic rings. The van der Waals surface area contributed by atoms with Crippen LogP contribution in [0.2, 0.25) is 5.15 Å². The Hall–Kier alpha value is -3.26. The van der Waals surface area contributed by atoms with Crippen molar-refractivity contribution in [1.29, 1.82) is 0 Å². The highest BCUT2D eigenvalue weighted by Gasteiger charge is 2.17. The van der Waals surface area contributed by atoms with E-state index in [-0.39, 0.29) is 5.69 Å². The second kappa shape index (κ2) is 8.62. The van der Waals surface area contributed by atoms with Crippen LogP contribution in [0.5, 0.6) is 0 Å². The van der Waals surface area contributed by atoms with Crippen molar-refractivity contribution in [3.8, 4) is 22.5 Å². The molecule has 30 heavy (non-hydrogen) atoms. The molecule has 9 heteroatoms. The number of halogens is 1. The molecule has 0 atom stereocenters. The van der Waals surface area contributed by atoms with Crippen molar-refractivity contribution < 1.29 is 0 Å². The number of H-pyrrole nitrogens is 1. The largest absolute Gasteiger partial charge is 0.329 e. The van der Waals surface area contributed by atoms with Crippen LogP contribution < -0.4 is 5.69 Å². The standard InChI is InChI=1S/C21H22ClN7O/c1-3-5-18-19(22)28(4-2)21(30)29(18)13-14-6-8-15(9-7-14)17-12-23-11-10-16(17)20-24-26-27-25-20/h6-12H,3-5,13H2,1-2H3,(H,24,25,26,27). The van der Waals surface area contributed by atoms with Crippen molar-refractivity contribution in [3.63, 3.8) is 0 Å². The van der Waals surface area contributed by atoms with Crippen LogP contribution in [0.3, 0.4) is 0 Å². The van der Waals surface area contributed by atoms with E-state index in [9.17, 15) is 4.79 Å². The number of rotatable bonds is 7. The number of benzene rings is 1. The fourth-order valence-corrected chi connectivity index (χ4v) is 3.98. The number of nitrogens with zero attached hydrogens (tertiary/aromatic N) is 6. The second-order valence-corrected chi connectivity index (χ2v) is 7.31. The molecule has 3 heterocycles. The number of nitrogens with one attached hydrogen (secondary N) is 1. The first-order valence-corrected chi connectivity index (χ1v) is 10.3. The molecule has 1 aromatic carbocycles. The predicted octanol–water partition coefficient (Wildman–Crippen LogP) is 3.57. The summed E-state index contributed by atoms with van der Waals surface area (Å²) in [6, 6.07) is 9.92. The van der Waals surface area contributed by atoms with Crippen molar-refractivity contribution in [2.24, 2.45) is 0 Å². The number of aromatic amines is 1. The van der Waals surface area contributed by atoms with E-state index in [4.69, 9.17) is 11.6 Å². The first-order chi connectivity index (χ1) is 14.6. The van der Waals surface area contributed by atoms with Gasteiger partial charge in [0.25, 0.3) is 0 Å². The smallest absolute Gasteiger partial charge is 0.290 e. The Balaban J connectivity index is 1.66. The van der Waals surface area contributed by atoms with Crippen LogP contribution in [0.25, 0.3) is 22.5 Å². The van der Waals surface area contributed by atoms with Crippen molar-refractivity contribution in [1.82, 2.24) is 34.7 Å². The first kappa shape index (κ1) is 20.0. The van der Waals surface area contributed by atoms with Crippen LogP contribution in [0.15, 0.2) is 47.5 Å². The molecule has 0 amide bonds. The van der Waals surface area contributed by atoms with Gasteiger partial charge in [0.05, 0.1) is 12.2 Å². The summed E-state index contributed by atoms with van der Waals surface area (Å²) in [6.45, 7) is 5.04. The molecule has 0 aliphatic rings. The van der Waals surface area contributed by atoms with Gasteiger partial charge in [-0.3, -0.25) is 14.1 Å². The van der Waals surface area contributed by atoms with Crippen molar-refractivity contribution in [3.05, 3.63) is 69.6 Å². The molecule has 0 spiro atoms. The molecule has 8 nitrogen and oxygen atoms in total. The monoisotopic (exact) mass is 423 g/mol. The number of tetrazole rings is 1. The highest BCUT2D eigenvalue weighted by Crippen LogP contribution is 2.29. The van der Waals surface area contributed by atoms with Gasteiger partial charge in [-0.15, -0.1) is 10.2 Å². The number of pyridine rings is 1. The molecule has 0 unspecified atom stereocenters. The van der Waals surface area contributed by atoms with Gasteiger partial charge in [0.1, 0.15) is 5.15 Å². The molecule has 3 aromatic heterocycles. The lowest BCUT2D eigenvalue weighted by molar-refractivity contribution is 0.653. The molecule has 154 valence electrons. The highest BCUT2D eigenvalue weighted by atomic mass is 35.5. The Morgan fingerprint density at radius 2 is 1.87 bits per heavy atom. The summed E-state index contributed by atoms with van der Waals surface area (Å²) in [7, 11) is 0. The average Bonchev–Trinajstić information content (AvgIpc) is 3.38. The van der Waals surface area contributed by atoms with Crippen molar-refractivity contribution in [2.45, 2.75) is 39.8 Å². The van der Waals surface area contributed by atoms with Crippen LogP contribution in [0.1, 0.15) is 31.5 Å². The van der Waals surface area contributed by atoms with Gasteiger partial charge in [0.15, 0.2) is 0 Å². The zero-order valence-corrected chi connectivity index (χ0v) is 17.6. The van der Waals surface area contributed by atoms with Crippen LogP contribution in [0.4, 0.5) is 0 Å². The summed E-state index contributed by atoms with van der Waals surface area (Å²) in [5, 5.41) is 14.8. The molecule has 0 bridgehead atoms. The lowest BCUT2D eigenvalue weighted by atomic mass is 10.0. The topological polar surface area (TPSA) is 94.3 Å². The SMILES string of the molecule is CCCc1c(Cl)n(CC)c(=O)n1Cc1ccc(-c2cnccc2-c2nn[nH]n2)cc1. The van der Waals surface area contributed by atoms with E-state index >= 15 is 0 Å². The van der Waals surface area contributed by atoms with Crippen LogP contribution in [-0.2, 0) is 19.5 Å². The predicted molar refractivity (Wildman–Crippen MR) is 115 cm³/mol. The van der Waals surface area contributed by atoms with E-state index in [1.807, 2.05) is 37.3 Å². The third kappa shape index (κ3) is 3.66. The van der Waals surface area contributed by atoms with Gasteiger partial charge in [0.2, 0.25) is 5.82 Å². The molecule has 0 radical (unpaired) electrons. The summed E-state index contributed by atoms with van der Waals surface area (Å²) >= 11 is 6.47. The van der Waals surface area contributed by atoms with E-state index in [2.05, 4.69) is 32.5 Å². The average molecular weight is 424 g/mol. The highest BCUT2D eigenvalue weighted by molar-refractivity contribution is 6.30. The molecule has 0 aliphatic heterocycles. The first-order valence-electron chi connectivity index (χ1n) is 9.88. The minimum atomic E-state index is -0.0679. The number of hydrogen-bond donors (Lipinski definition) is 1. The molecule has 0 aliphatic carbocycles. The van der Waals surface area contributed by atoms with Gasteiger partial charge < -0.3 is 0 Å². The summed E-state index contributed by atoms with van der Waals surface area (Å²) < 4.78 is 3.40. The Morgan fingerprint density at radius 3 is 2.53 bits per heavy atom. The minimum absolute atomic E-state index is 0.0679. The third-order valence-corrected chi connectivity index (χ3v) is 5.50. The summed E-state index contributed by atoms with van der Waals surface area (Å²) in [5.41, 5.74) is 4.59. The van der Waals surface area contributed by atoms with Crippen LogP contribution in [-0.4, -0.2) is 34.7 Å². The maximum absolute atomic E-state index is 12.8. The summed E-state index contributed by atoms with van der Waals surface area (Å²) in [5.74, 6) is 0.516. The number of aromatic nitrogens is 7. The van der Waals surface area contributed by atoms with E-state index in [1.54, 1.807) is 21.5 Å². The third-order valence-electron chi connectivity index (χ3n) is 5.08. The zero-order valence-electron chi connectivity index (χ0n) is 16.8. The molecular formula is C21H22ClN7O. The maximum atomic E-state index is 12.8. The molecule has 0 saturated heterocycles. The summed E-state index contributed by atoms with van der Waals surface area (Å²) in [4.78, 5) is 17.0. The van der Waals surface area contributed by atoms with E-state index in [0.717, 1.165) is 40.8 Å². The Bertz CT molecular complexity index is 1190. The van der Waals surface area contributed by atoms with Gasteiger partial charge in [-0.25, -0.2) is 4.79 Å². The van der Waals surface area contributed by atoms with E-state index in [0.29, 0.717) is 24.1 Å². The number of imidazole rings is 1. The van der Waals surface area contributed by atoms with Gasteiger partial charge in [-0.2, -0.15) is 5.21 Å². The molecular weight excluding hydrogens is 402 g/mol.